The molecule has 0 radical (unpaired) electrons. The minimum absolute atomic E-state index is 0. The van der Waals surface area contributed by atoms with Crippen molar-refractivity contribution in [1.82, 2.24) is 10.2 Å². The van der Waals surface area contributed by atoms with Gasteiger partial charge in [-0.1, -0.05) is 36.4 Å². The van der Waals surface area contributed by atoms with Gasteiger partial charge < -0.3 is 15.0 Å². The van der Waals surface area contributed by atoms with E-state index in [1.54, 1.807) is 0 Å². The van der Waals surface area contributed by atoms with Crippen molar-refractivity contribution < 1.29 is 9.53 Å². The molecule has 1 amide bonds. The van der Waals surface area contributed by atoms with E-state index >= 15 is 0 Å². The van der Waals surface area contributed by atoms with Gasteiger partial charge in [0.25, 0.3) is 5.91 Å². The van der Waals surface area contributed by atoms with Crippen molar-refractivity contribution in [2.45, 2.75) is 13.0 Å². The molecule has 0 aliphatic carbocycles. The van der Waals surface area contributed by atoms with Crippen molar-refractivity contribution in [2.75, 3.05) is 26.7 Å². The molecular formula is C20H25ClN2O2. The first-order chi connectivity index (χ1) is 11.8. The van der Waals surface area contributed by atoms with Gasteiger partial charge in [0.15, 0.2) is 0 Å². The molecule has 4 nitrogen and oxygen atoms in total. The van der Waals surface area contributed by atoms with Gasteiger partial charge in [0.1, 0.15) is 12.4 Å². The molecule has 0 spiro atoms. The lowest BCUT2D eigenvalue weighted by molar-refractivity contribution is 0.0784. The van der Waals surface area contributed by atoms with Crippen LogP contribution in [0.4, 0.5) is 0 Å². The first-order valence-corrected chi connectivity index (χ1v) is 8.47. The Morgan fingerprint density at radius 2 is 1.88 bits per heavy atom. The summed E-state index contributed by atoms with van der Waals surface area (Å²) in [5, 5.41) is 3.20. The Bertz CT molecular complexity index is 678. The normalized spacial score (nSPS) is 16.4. The largest absolute Gasteiger partial charge is 0.489 e. The second-order valence-electron chi connectivity index (χ2n) is 6.22. The van der Waals surface area contributed by atoms with Gasteiger partial charge >= 0.3 is 0 Å². The summed E-state index contributed by atoms with van der Waals surface area (Å²) in [7, 11) is 1.96. The Hall–Kier alpha value is -2.04. The minimum atomic E-state index is 0. The monoisotopic (exact) mass is 360 g/mol. The SMILES string of the molecule is CNCC1CCN(C(=O)c2ccccc2COc2ccccc2)C1.Cl. The van der Waals surface area contributed by atoms with E-state index in [-0.39, 0.29) is 18.3 Å². The number of likely N-dealkylation sites (tertiary alicyclic amines) is 1. The number of rotatable bonds is 6. The van der Waals surface area contributed by atoms with E-state index in [9.17, 15) is 4.79 Å². The van der Waals surface area contributed by atoms with Crippen LogP contribution < -0.4 is 10.1 Å². The predicted molar refractivity (Wildman–Crippen MR) is 102 cm³/mol. The number of hydrogen-bond donors (Lipinski definition) is 1. The van der Waals surface area contributed by atoms with E-state index in [1.165, 1.54) is 0 Å². The molecule has 2 aromatic carbocycles. The number of para-hydroxylation sites is 1. The van der Waals surface area contributed by atoms with Gasteiger partial charge in [-0.3, -0.25) is 4.79 Å². The Morgan fingerprint density at radius 3 is 2.64 bits per heavy atom. The summed E-state index contributed by atoms with van der Waals surface area (Å²) >= 11 is 0. The van der Waals surface area contributed by atoms with E-state index in [2.05, 4.69) is 5.32 Å². The summed E-state index contributed by atoms with van der Waals surface area (Å²) in [6.07, 6.45) is 1.06. The maximum Gasteiger partial charge on any atom is 0.254 e. The molecule has 1 fully saturated rings. The second-order valence-corrected chi connectivity index (χ2v) is 6.22. The first-order valence-electron chi connectivity index (χ1n) is 8.47. The molecular weight excluding hydrogens is 336 g/mol. The van der Waals surface area contributed by atoms with Crippen molar-refractivity contribution in [3.63, 3.8) is 0 Å². The van der Waals surface area contributed by atoms with Crippen molar-refractivity contribution in [3.05, 3.63) is 65.7 Å². The van der Waals surface area contributed by atoms with Crippen LogP contribution in [0.5, 0.6) is 5.75 Å². The molecule has 1 saturated heterocycles. The fourth-order valence-corrected chi connectivity index (χ4v) is 3.18. The molecule has 0 bridgehead atoms. The third kappa shape index (κ3) is 4.97. The van der Waals surface area contributed by atoms with Crippen LogP contribution in [0, 0.1) is 5.92 Å². The molecule has 1 atom stereocenters. The third-order valence-corrected chi connectivity index (χ3v) is 4.45. The van der Waals surface area contributed by atoms with Crippen LogP contribution in [0.1, 0.15) is 22.3 Å². The molecule has 1 heterocycles. The van der Waals surface area contributed by atoms with Gasteiger partial charge in [0.2, 0.25) is 0 Å². The predicted octanol–water partition coefficient (Wildman–Crippen LogP) is 3.37. The summed E-state index contributed by atoms with van der Waals surface area (Å²) in [5.41, 5.74) is 1.68. The lowest BCUT2D eigenvalue weighted by atomic mass is 10.1. The van der Waals surface area contributed by atoms with Crippen LogP contribution in [0.3, 0.4) is 0 Å². The Kier molecular flexibility index (Phi) is 7.29. The molecule has 1 N–H and O–H groups in total. The summed E-state index contributed by atoms with van der Waals surface area (Å²) in [6.45, 7) is 3.02. The molecule has 1 unspecified atom stereocenters. The fraction of sp³-hybridized carbons (Fsp3) is 0.350. The molecule has 3 rings (SSSR count). The summed E-state index contributed by atoms with van der Waals surface area (Å²) in [6, 6.07) is 17.4. The number of ether oxygens (including phenoxy) is 1. The molecule has 1 aliphatic heterocycles. The highest BCUT2D eigenvalue weighted by Crippen LogP contribution is 2.21. The number of benzene rings is 2. The molecule has 5 heteroatoms. The average Bonchev–Trinajstić information content (AvgIpc) is 3.09. The topological polar surface area (TPSA) is 41.6 Å². The van der Waals surface area contributed by atoms with Crippen molar-refractivity contribution in [1.29, 1.82) is 0 Å². The van der Waals surface area contributed by atoms with E-state index < -0.39 is 0 Å². The molecule has 0 saturated carbocycles. The van der Waals surface area contributed by atoms with Gasteiger partial charge in [-0.2, -0.15) is 0 Å². The smallest absolute Gasteiger partial charge is 0.254 e. The standard InChI is InChI=1S/C20H24N2O2.ClH/c1-21-13-16-11-12-22(14-16)20(23)19-10-6-5-7-17(19)15-24-18-8-3-2-4-9-18;/h2-10,16,21H,11-15H2,1H3;1H. The number of hydrogen-bond acceptors (Lipinski definition) is 3. The van der Waals surface area contributed by atoms with E-state index in [1.807, 2.05) is 66.5 Å². The van der Waals surface area contributed by atoms with E-state index in [4.69, 9.17) is 4.74 Å². The van der Waals surface area contributed by atoms with Gasteiger partial charge in [0, 0.05) is 24.2 Å². The second kappa shape index (κ2) is 9.44. The van der Waals surface area contributed by atoms with Crippen LogP contribution in [-0.4, -0.2) is 37.5 Å². The number of carbonyl (C=O) groups is 1. The zero-order valence-corrected chi connectivity index (χ0v) is 15.3. The molecule has 134 valence electrons. The van der Waals surface area contributed by atoms with Crippen LogP contribution in [0.2, 0.25) is 0 Å². The van der Waals surface area contributed by atoms with Crippen molar-refractivity contribution in [3.8, 4) is 5.75 Å². The number of nitrogens with zero attached hydrogens (tertiary/aromatic N) is 1. The quantitative estimate of drug-likeness (QED) is 0.858. The maximum atomic E-state index is 12.9. The van der Waals surface area contributed by atoms with E-state index in [0.717, 1.165) is 42.9 Å². The van der Waals surface area contributed by atoms with Crippen LogP contribution in [0.15, 0.2) is 54.6 Å². The third-order valence-electron chi connectivity index (χ3n) is 4.45. The molecule has 25 heavy (non-hydrogen) atoms. The zero-order chi connectivity index (χ0) is 16.8. The van der Waals surface area contributed by atoms with Crippen LogP contribution in [0.25, 0.3) is 0 Å². The number of carbonyl (C=O) groups excluding carboxylic acids is 1. The number of halogens is 1. The first kappa shape index (κ1) is 19.3. The highest BCUT2D eigenvalue weighted by atomic mass is 35.5. The van der Waals surface area contributed by atoms with Crippen LogP contribution >= 0.6 is 12.4 Å². The highest BCUT2D eigenvalue weighted by molar-refractivity contribution is 5.95. The molecule has 1 aliphatic rings. The summed E-state index contributed by atoms with van der Waals surface area (Å²) in [4.78, 5) is 14.8. The lowest BCUT2D eigenvalue weighted by Crippen LogP contribution is -2.31. The lowest BCUT2D eigenvalue weighted by Gasteiger charge is -2.19. The number of amides is 1. The van der Waals surface area contributed by atoms with Crippen molar-refractivity contribution >= 4 is 18.3 Å². The Balaban J connectivity index is 0.00000225. The summed E-state index contributed by atoms with van der Waals surface area (Å²) in [5.74, 6) is 1.47. The van der Waals surface area contributed by atoms with Gasteiger partial charge in [-0.25, -0.2) is 0 Å². The van der Waals surface area contributed by atoms with Crippen molar-refractivity contribution in [2.24, 2.45) is 5.92 Å². The Labute approximate surface area is 155 Å². The van der Waals surface area contributed by atoms with Gasteiger partial charge in [0.05, 0.1) is 0 Å². The number of nitrogens with one attached hydrogen (secondary N) is 1. The minimum Gasteiger partial charge on any atom is -0.489 e. The summed E-state index contributed by atoms with van der Waals surface area (Å²) < 4.78 is 5.82. The maximum absolute atomic E-state index is 12.9. The fourth-order valence-electron chi connectivity index (χ4n) is 3.18. The van der Waals surface area contributed by atoms with Gasteiger partial charge in [-0.05, 0) is 44.1 Å². The zero-order valence-electron chi connectivity index (χ0n) is 14.5. The van der Waals surface area contributed by atoms with Gasteiger partial charge in [-0.15, -0.1) is 12.4 Å². The molecule has 0 aromatic heterocycles. The Morgan fingerprint density at radius 1 is 1.16 bits per heavy atom. The van der Waals surface area contributed by atoms with Crippen LogP contribution in [-0.2, 0) is 6.61 Å². The van der Waals surface area contributed by atoms with E-state index in [0.29, 0.717) is 12.5 Å². The molecule has 2 aromatic rings. The highest BCUT2D eigenvalue weighted by Gasteiger charge is 2.27. The average molecular weight is 361 g/mol.